The number of carbonyl (C=O) groups is 1. The number of sulfone groups is 1. The maximum atomic E-state index is 13.5. The summed E-state index contributed by atoms with van der Waals surface area (Å²) in [6.07, 6.45) is 8.90. The van der Waals surface area contributed by atoms with Crippen molar-refractivity contribution < 1.29 is 13.2 Å². The molecule has 33 heavy (non-hydrogen) atoms. The van der Waals surface area contributed by atoms with Crippen molar-refractivity contribution in [2.24, 2.45) is 0 Å². The highest BCUT2D eigenvalue weighted by molar-refractivity contribution is 7.93. The van der Waals surface area contributed by atoms with Crippen LogP contribution in [0.25, 0.3) is 11.4 Å². The number of urea groups is 1. The van der Waals surface area contributed by atoms with Crippen LogP contribution < -0.4 is 16.4 Å². The van der Waals surface area contributed by atoms with Gasteiger partial charge in [0.25, 0.3) is 0 Å². The molecule has 0 bridgehead atoms. The van der Waals surface area contributed by atoms with Crippen LogP contribution in [0.3, 0.4) is 0 Å². The zero-order valence-electron chi connectivity index (χ0n) is 18.7. The van der Waals surface area contributed by atoms with Gasteiger partial charge in [0, 0.05) is 23.4 Å². The van der Waals surface area contributed by atoms with Crippen LogP contribution in [0.5, 0.6) is 0 Å². The highest BCUT2D eigenvalue weighted by atomic mass is 32.2. The van der Waals surface area contributed by atoms with Gasteiger partial charge in [-0.05, 0) is 69.2 Å². The van der Waals surface area contributed by atoms with Gasteiger partial charge in [0.2, 0.25) is 0 Å². The highest BCUT2D eigenvalue weighted by Crippen LogP contribution is 2.55. The molecule has 3 aliphatic carbocycles. The smallest absolute Gasteiger partial charge is 0.319 e. The van der Waals surface area contributed by atoms with Crippen molar-refractivity contribution in [3.05, 3.63) is 36.0 Å². The topological polar surface area (TPSA) is 127 Å². The molecule has 0 radical (unpaired) electrons. The summed E-state index contributed by atoms with van der Waals surface area (Å²) in [4.78, 5) is 21.1. The van der Waals surface area contributed by atoms with Gasteiger partial charge in [0.1, 0.15) is 10.6 Å². The fourth-order valence-electron chi connectivity index (χ4n) is 4.93. The lowest BCUT2D eigenvalue weighted by Gasteiger charge is -2.27. The van der Waals surface area contributed by atoms with Gasteiger partial charge < -0.3 is 16.4 Å². The first-order chi connectivity index (χ1) is 15.9. The number of nitrogens with two attached hydrogens (primary N) is 1. The maximum Gasteiger partial charge on any atom is 0.319 e. The Morgan fingerprint density at radius 1 is 0.970 bits per heavy atom. The molecule has 2 aromatic rings. The van der Waals surface area contributed by atoms with Crippen LogP contribution in [0, 0.1) is 0 Å². The number of benzene rings is 1. The van der Waals surface area contributed by atoms with E-state index >= 15 is 0 Å². The lowest BCUT2D eigenvalue weighted by Crippen LogP contribution is -2.41. The minimum absolute atomic E-state index is 0.210. The highest BCUT2D eigenvalue weighted by Gasteiger charge is 2.59. The van der Waals surface area contributed by atoms with E-state index in [9.17, 15) is 13.2 Å². The van der Waals surface area contributed by atoms with E-state index in [1.165, 1.54) is 0 Å². The van der Waals surface area contributed by atoms with Crippen LogP contribution in [0.1, 0.15) is 69.9 Å². The third kappa shape index (κ3) is 4.30. The van der Waals surface area contributed by atoms with E-state index in [-0.39, 0.29) is 23.1 Å². The van der Waals surface area contributed by atoms with Crippen molar-refractivity contribution in [3.8, 4) is 11.4 Å². The fraction of sp³-hybridized carbons (Fsp3) is 0.542. The number of anilines is 2. The summed E-state index contributed by atoms with van der Waals surface area (Å²) in [7, 11) is -3.35. The van der Waals surface area contributed by atoms with E-state index < -0.39 is 14.6 Å². The molecule has 0 aliphatic heterocycles. The average molecular weight is 470 g/mol. The first-order valence-corrected chi connectivity index (χ1v) is 13.5. The molecule has 1 heterocycles. The van der Waals surface area contributed by atoms with Crippen molar-refractivity contribution in [2.75, 3.05) is 11.1 Å². The van der Waals surface area contributed by atoms with Gasteiger partial charge in [0.15, 0.2) is 15.7 Å². The Bertz CT molecular complexity index is 1140. The molecular formula is C24H31N5O3S. The number of hydrogen-bond donors (Lipinski definition) is 3. The van der Waals surface area contributed by atoms with Gasteiger partial charge in [-0.2, -0.15) is 0 Å². The normalized spacial score (nSPS) is 20.6. The number of nitrogens with one attached hydrogen (secondary N) is 2. The van der Waals surface area contributed by atoms with Crippen LogP contribution >= 0.6 is 0 Å². The molecule has 5 rings (SSSR count). The van der Waals surface area contributed by atoms with Gasteiger partial charge in [-0.25, -0.2) is 23.2 Å². The van der Waals surface area contributed by atoms with Crippen molar-refractivity contribution in [1.82, 2.24) is 15.3 Å². The molecule has 1 aromatic heterocycles. The first kappa shape index (κ1) is 22.1. The summed E-state index contributed by atoms with van der Waals surface area (Å²) in [6, 6.07) is 8.87. The molecule has 3 aliphatic rings. The molecule has 0 atom stereocenters. The Balaban J connectivity index is 1.36. The average Bonchev–Trinajstić information content (AvgIpc) is 3.60. The second-order valence-electron chi connectivity index (χ2n) is 9.60. The summed E-state index contributed by atoms with van der Waals surface area (Å²) < 4.78 is 26.1. The Kier molecular flexibility index (Phi) is 5.76. The third-order valence-corrected chi connectivity index (χ3v) is 10.3. The van der Waals surface area contributed by atoms with Crippen molar-refractivity contribution in [1.29, 1.82) is 0 Å². The summed E-state index contributed by atoms with van der Waals surface area (Å²) in [5.41, 5.74) is 7.99. The Morgan fingerprint density at radius 3 is 2.27 bits per heavy atom. The first-order valence-electron chi connectivity index (χ1n) is 11.9. The molecule has 176 valence electrons. The van der Waals surface area contributed by atoms with Gasteiger partial charge in [-0.15, -0.1) is 0 Å². The van der Waals surface area contributed by atoms with E-state index in [1.54, 1.807) is 18.2 Å². The largest absolute Gasteiger partial charge is 0.384 e. The molecule has 0 unspecified atom stereocenters. The van der Waals surface area contributed by atoms with Crippen molar-refractivity contribution in [2.45, 2.75) is 80.2 Å². The molecule has 0 spiro atoms. The second-order valence-corrected chi connectivity index (χ2v) is 12.1. The SMILES string of the molecule is Nc1cc(C2(S(=O)(=O)C3CCCCC3)CC2)nc(-c2ccc(NC(=O)NC3CCC3)cc2)n1. The minimum atomic E-state index is -3.35. The Labute approximate surface area is 194 Å². The number of rotatable bonds is 6. The number of amides is 2. The van der Waals surface area contributed by atoms with Crippen molar-refractivity contribution >= 4 is 27.4 Å². The number of aromatic nitrogens is 2. The summed E-state index contributed by atoms with van der Waals surface area (Å²) in [5, 5.41) is 5.49. The summed E-state index contributed by atoms with van der Waals surface area (Å²) >= 11 is 0. The minimum Gasteiger partial charge on any atom is -0.384 e. The molecule has 9 heteroatoms. The Hall–Kier alpha value is -2.68. The van der Waals surface area contributed by atoms with Gasteiger partial charge in [-0.3, -0.25) is 0 Å². The van der Waals surface area contributed by atoms with E-state index in [4.69, 9.17) is 5.73 Å². The van der Waals surface area contributed by atoms with Crippen LogP contribution in [0.4, 0.5) is 16.3 Å². The van der Waals surface area contributed by atoms with Crippen LogP contribution in [-0.2, 0) is 14.6 Å². The van der Waals surface area contributed by atoms with E-state index in [2.05, 4.69) is 20.6 Å². The molecule has 0 saturated heterocycles. The number of hydrogen-bond acceptors (Lipinski definition) is 6. The van der Waals surface area contributed by atoms with E-state index in [0.29, 0.717) is 30.0 Å². The second kappa shape index (κ2) is 8.59. The lowest BCUT2D eigenvalue weighted by atomic mass is 9.93. The quantitative estimate of drug-likeness (QED) is 0.584. The standard InChI is InChI=1S/C24H31N5O3S/c25-21-15-20(24(13-14-24)33(31,32)19-7-2-1-3-8-19)28-22(29-21)16-9-11-18(12-10-16)27-23(30)26-17-5-4-6-17/h9-12,15,17,19H,1-8,13-14H2,(H2,25,28,29)(H2,26,27,30). The molecular weight excluding hydrogens is 438 g/mol. The molecule has 8 nitrogen and oxygen atoms in total. The predicted molar refractivity (Wildman–Crippen MR) is 128 cm³/mol. The number of carbonyl (C=O) groups excluding carboxylic acids is 1. The molecule has 4 N–H and O–H groups in total. The summed E-state index contributed by atoms with van der Waals surface area (Å²) in [6.45, 7) is 0. The number of nitrogens with zero attached hydrogens (tertiary/aromatic N) is 2. The summed E-state index contributed by atoms with van der Waals surface area (Å²) in [5.74, 6) is 0.669. The fourth-order valence-corrected chi connectivity index (χ4v) is 7.59. The molecule has 3 saturated carbocycles. The molecule has 1 aromatic carbocycles. The monoisotopic (exact) mass is 469 g/mol. The Morgan fingerprint density at radius 2 is 1.67 bits per heavy atom. The zero-order valence-corrected chi connectivity index (χ0v) is 19.5. The zero-order chi connectivity index (χ0) is 23.1. The lowest BCUT2D eigenvalue weighted by molar-refractivity contribution is 0.240. The van der Waals surface area contributed by atoms with Crippen molar-refractivity contribution in [3.63, 3.8) is 0 Å². The molecule has 2 amide bonds. The van der Waals surface area contributed by atoms with Gasteiger partial charge in [0.05, 0.1) is 10.9 Å². The van der Waals surface area contributed by atoms with Crippen LogP contribution in [-0.4, -0.2) is 35.7 Å². The van der Waals surface area contributed by atoms with Gasteiger partial charge in [-0.1, -0.05) is 19.3 Å². The third-order valence-electron chi connectivity index (χ3n) is 7.29. The van der Waals surface area contributed by atoms with E-state index in [1.807, 2.05) is 12.1 Å². The van der Waals surface area contributed by atoms with Crippen LogP contribution in [0.2, 0.25) is 0 Å². The predicted octanol–water partition coefficient (Wildman–Crippen LogP) is 4.14. The van der Waals surface area contributed by atoms with E-state index in [0.717, 1.165) is 56.9 Å². The number of nitrogen functional groups attached to an aromatic ring is 1. The molecule has 3 fully saturated rings. The van der Waals surface area contributed by atoms with Gasteiger partial charge >= 0.3 is 6.03 Å². The van der Waals surface area contributed by atoms with Crippen LogP contribution in [0.15, 0.2) is 30.3 Å². The maximum absolute atomic E-state index is 13.5.